The number of benzene rings is 1. The number of hydrogen-bond donors (Lipinski definition) is 2. The van der Waals surface area contributed by atoms with Crippen molar-refractivity contribution in [3.8, 4) is 5.75 Å². The van der Waals surface area contributed by atoms with Crippen molar-refractivity contribution >= 4 is 5.91 Å². The molecule has 0 aliphatic rings. The van der Waals surface area contributed by atoms with Crippen molar-refractivity contribution < 1.29 is 9.53 Å². The number of aryl methyl sites for hydroxylation is 1. The first-order valence-corrected chi connectivity index (χ1v) is 6.92. The fourth-order valence-electron chi connectivity index (χ4n) is 1.82. The Balaban J connectivity index is 2.56. The van der Waals surface area contributed by atoms with Crippen LogP contribution in [-0.4, -0.2) is 24.6 Å². The number of carbonyl (C=O) groups is 1. The van der Waals surface area contributed by atoms with Crippen molar-refractivity contribution in [1.82, 2.24) is 10.6 Å². The predicted molar refractivity (Wildman–Crippen MR) is 81.9 cm³/mol. The molecule has 0 heterocycles. The zero-order chi connectivity index (χ0) is 15.3. The van der Waals surface area contributed by atoms with Crippen LogP contribution < -0.4 is 15.4 Å². The average molecular weight is 278 g/mol. The molecule has 0 radical (unpaired) electrons. The summed E-state index contributed by atoms with van der Waals surface area (Å²) in [6, 6.07) is 5.83. The Labute approximate surface area is 121 Å². The predicted octanol–water partition coefficient (Wildman–Crippen LogP) is 2.40. The van der Waals surface area contributed by atoms with Gasteiger partial charge in [0.1, 0.15) is 5.75 Å². The molecule has 0 aliphatic heterocycles. The average Bonchev–Trinajstić information content (AvgIpc) is 2.35. The van der Waals surface area contributed by atoms with Crippen molar-refractivity contribution in [2.75, 3.05) is 7.11 Å². The number of ether oxygens (including phenoxy) is 1. The van der Waals surface area contributed by atoms with Crippen LogP contribution in [-0.2, 0) is 11.3 Å². The van der Waals surface area contributed by atoms with Gasteiger partial charge >= 0.3 is 0 Å². The third-order valence-corrected chi connectivity index (χ3v) is 2.98. The van der Waals surface area contributed by atoms with Gasteiger partial charge in [-0.05, 0) is 51.8 Å². The molecule has 0 saturated carbocycles. The van der Waals surface area contributed by atoms with Crippen LogP contribution in [0.1, 0.15) is 38.8 Å². The van der Waals surface area contributed by atoms with Gasteiger partial charge in [-0.1, -0.05) is 12.1 Å². The Hall–Kier alpha value is -1.55. The van der Waals surface area contributed by atoms with Crippen molar-refractivity contribution in [1.29, 1.82) is 0 Å². The second-order valence-corrected chi connectivity index (χ2v) is 6.15. The van der Waals surface area contributed by atoms with Crippen LogP contribution in [0.3, 0.4) is 0 Å². The van der Waals surface area contributed by atoms with Gasteiger partial charge in [-0.2, -0.15) is 0 Å². The largest absolute Gasteiger partial charge is 0.496 e. The summed E-state index contributed by atoms with van der Waals surface area (Å²) in [6.45, 7) is 10.4. The molecule has 0 fully saturated rings. The molecule has 4 heteroatoms. The van der Waals surface area contributed by atoms with Crippen molar-refractivity contribution in [2.24, 2.45) is 0 Å². The molecular weight excluding hydrogens is 252 g/mol. The third-order valence-electron chi connectivity index (χ3n) is 2.98. The molecular formula is C16H26N2O2. The Kier molecular flexibility index (Phi) is 5.57. The van der Waals surface area contributed by atoms with Crippen LogP contribution in [0.5, 0.6) is 5.75 Å². The first kappa shape index (κ1) is 16.5. The summed E-state index contributed by atoms with van der Waals surface area (Å²) in [5.41, 5.74) is 2.00. The topological polar surface area (TPSA) is 50.4 Å². The molecule has 1 atom stereocenters. The molecule has 1 amide bonds. The zero-order valence-corrected chi connectivity index (χ0v) is 13.3. The van der Waals surface area contributed by atoms with Crippen LogP contribution in [0.15, 0.2) is 18.2 Å². The maximum atomic E-state index is 12.0. The molecule has 1 unspecified atom stereocenters. The van der Waals surface area contributed by atoms with E-state index in [9.17, 15) is 4.79 Å². The van der Waals surface area contributed by atoms with Gasteiger partial charge in [-0.3, -0.25) is 4.79 Å². The lowest BCUT2D eigenvalue weighted by Gasteiger charge is -2.23. The molecule has 112 valence electrons. The van der Waals surface area contributed by atoms with Crippen molar-refractivity contribution in [3.05, 3.63) is 29.3 Å². The highest BCUT2D eigenvalue weighted by atomic mass is 16.5. The number of rotatable bonds is 5. The van der Waals surface area contributed by atoms with E-state index in [1.165, 1.54) is 0 Å². The van der Waals surface area contributed by atoms with Crippen molar-refractivity contribution in [2.45, 2.75) is 52.7 Å². The highest BCUT2D eigenvalue weighted by molar-refractivity contribution is 5.81. The van der Waals surface area contributed by atoms with Crippen LogP contribution in [0.4, 0.5) is 0 Å². The molecule has 2 N–H and O–H groups in total. The van der Waals surface area contributed by atoms with E-state index >= 15 is 0 Å². The molecule has 1 rings (SSSR count). The molecule has 1 aromatic rings. The second-order valence-electron chi connectivity index (χ2n) is 6.15. The monoisotopic (exact) mass is 278 g/mol. The van der Waals surface area contributed by atoms with Gasteiger partial charge in [-0.25, -0.2) is 0 Å². The summed E-state index contributed by atoms with van der Waals surface area (Å²) in [4.78, 5) is 12.0. The van der Waals surface area contributed by atoms with Crippen molar-refractivity contribution in [3.63, 3.8) is 0 Å². The molecule has 1 aromatic carbocycles. The Morgan fingerprint density at radius 3 is 2.55 bits per heavy atom. The van der Waals surface area contributed by atoms with E-state index in [1.807, 2.05) is 52.8 Å². The van der Waals surface area contributed by atoms with E-state index in [4.69, 9.17) is 4.74 Å². The second kappa shape index (κ2) is 6.75. The normalized spacial score (nSPS) is 12.9. The van der Waals surface area contributed by atoms with Gasteiger partial charge in [0.2, 0.25) is 5.91 Å². The number of nitrogens with one attached hydrogen (secondary N) is 2. The molecule has 0 spiro atoms. The minimum atomic E-state index is -0.235. The summed E-state index contributed by atoms with van der Waals surface area (Å²) in [7, 11) is 1.67. The smallest absolute Gasteiger partial charge is 0.237 e. The first-order chi connectivity index (χ1) is 9.23. The fourth-order valence-corrected chi connectivity index (χ4v) is 1.82. The Bertz CT molecular complexity index is 464. The Morgan fingerprint density at radius 1 is 1.35 bits per heavy atom. The molecule has 0 saturated heterocycles. The van der Waals surface area contributed by atoms with Gasteiger partial charge in [0.25, 0.3) is 0 Å². The van der Waals surface area contributed by atoms with Crippen LogP contribution >= 0.6 is 0 Å². The highest BCUT2D eigenvalue weighted by Gasteiger charge is 2.18. The Morgan fingerprint density at radius 2 is 2.00 bits per heavy atom. The summed E-state index contributed by atoms with van der Waals surface area (Å²) >= 11 is 0. The quantitative estimate of drug-likeness (QED) is 0.869. The van der Waals surface area contributed by atoms with Crippen LogP contribution in [0, 0.1) is 6.92 Å². The number of carbonyl (C=O) groups excluding carboxylic acids is 1. The standard InChI is InChI=1S/C16H26N2O2/c1-11-7-8-13(9-14(11)20-6)10-17-12(2)15(19)18-16(3,4)5/h7-9,12,17H,10H2,1-6H3,(H,18,19). The van der Waals surface area contributed by atoms with Gasteiger partial charge in [0.05, 0.1) is 13.2 Å². The van der Waals surface area contributed by atoms with Crippen LogP contribution in [0.2, 0.25) is 0 Å². The molecule has 0 aromatic heterocycles. The molecule has 4 nitrogen and oxygen atoms in total. The van der Waals surface area contributed by atoms with Gasteiger partial charge < -0.3 is 15.4 Å². The van der Waals surface area contributed by atoms with E-state index in [0.29, 0.717) is 6.54 Å². The van der Waals surface area contributed by atoms with Gasteiger partial charge in [0.15, 0.2) is 0 Å². The van der Waals surface area contributed by atoms with E-state index in [0.717, 1.165) is 16.9 Å². The van der Waals surface area contributed by atoms with Gasteiger partial charge in [-0.15, -0.1) is 0 Å². The van der Waals surface area contributed by atoms with E-state index < -0.39 is 0 Å². The minimum absolute atomic E-state index is 0.0107. The summed E-state index contributed by atoms with van der Waals surface area (Å²) < 4.78 is 5.30. The van der Waals surface area contributed by atoms with Gasteiger partial charge in [0, 0.05) is 12.1 Å². The summed E-state index contributed by atoms with van der Waals surface area (Å²) in [5.74, 6) is 0.882. The number of hydrogen-bond acceptors (Lipinski definition) is 3. The van der Waals surface area contributed by atoms with Crippen LogP contribution in [0.25, 0.3) is 0 Å². The SMILES string of the molecule is COc1cc(CNC(C)C(=O)NC(C)(C)C)ccc1C. The third kappa shape index (κ3) is 5.21. The first-order valence-electron chi connectivity index (χ1n) is 6.92. The molecule has 0 aliphatic carbocycles. The number of amides is 1. The lowest BCUT2D eigenvalue weighted by Crippen LogP contribution is -2.49. The van der Waals surface area contributed by atoms with E-state index in [1.54, 1.807) is 7.11 Å². The minimum Gasteiger partial charge on any atom is -0.496 e. The lowest BCUT2D eigenvalue weighted by atomic mass is 10.1. The fraction of sp³-hybridized carbons (Fsp3) is 0.562. The zero-order valence-electron chi connectivity index (χ0n) is 13.3. The van der Waals surface area contributed by atoms with E-state index in [-0.39, 0.29) is 17.5 Å². The lowest BCUT2D eigenvalue weighted by molar-refractivity contribution is -0.124. The molecule has 0 bridgehead atoms. The maximum Gasteiger partial charge on any atom is 0.237 e. The number of methoxy groups -OCH3 is 1. The maximum absolute atomic E-state index is 12.0. The summed E-state index contributed by atoms with van der Waals surface area (Å²) in [6.07, 6.45) is 0. The van der Waals surface area contributed by atoms with E-state index in [2.05, 4.69) is 10.6 Å². The summed E-state index contributed by atoms with van der Waals surface area (Å²) in [5, 5.41) is 6.19. The highest BCUT2D eigenvalue weighted by Crippen LogP contribution is 2.18. The molecule has 20 heavy (non-hydrogen) atoms.